The van der Waals surface area contributed by atoms with Crippen LogP contribution in [-0.4, -0.2) is 45.3 Å². The van der Waals surface area contributed by atoms with E-state index in [9.17, 15) is 4.79 Å². The maximum absolute atomic E-state index is 12.5. The minimum atomic E-state index is -0.531. The standard InChI is InChI=1S/C15H18N4O2/c1-15(12-9-17-18(2)10-12)11-19(7-8-21-15)14(20)13-5-3-4-6-16-13/h3-6,9-10H,7-8,11H2,1-2H3/t15-/m1/s1. The number of pyridine rings is 1. The number of rotatable bonds is 2. The summed E-state index contributed by atoms with van der Waals surface area (Å²) in [5.41, 5.74) is 0.910. The van der Waals surface area contributed by atoms with Crippen LogP contribution in [0.2, 0.25) is 0 Å². The molecule has 1 aliphatic heterocycles. The van der Waals surface area contributed by atoms with Gasteiger partial charge in [0.15, 0.2) is 0 Å². The molecule has 0 radical (unpaired) electrons. The zero-order valence-corrected chi connectivity index (χ0v) is 12.2. The Morgan fingerprint density at radius 3 is 2.95 bits per heavy atom. The Labute approximate surface area is 123 Å². The van der Waals surface area contributed by atoms with Crippen LogP contribution >= 0.6 is 0 Å². The summed E-state index contributed by atoms with van der Waals surface area (Å²) in [6.45, 7) is 3.56. The Hall–Kier alpha value is -2.21. The van der Waals surface area contributed by atoms with Gasteiger partial charge in [-0.25, -0.2) is 0 Å². The van der Waals surface area contributed by atoms with Gasteiger partial charge in [-0.05, 0) is 19.1 Å². The first-order chi connectivity index (χ1) is 10.1. The van der Waals surface area contributed by atoms with Crippen molar-refractivity contribution in [3.8, 4) is 0 Å². The van der Waals surface area contributed by atoms with E-state index in [1.807, 2.05) is 26.2 Å². The lowest BCUT2D eigenvalue weighted by Crippen LogP contribution is -2.50. The molecule has 3 heterocycles. The molecule has 6 nitrogen and oxygen atoms in total. The molecule has 1 saturated heterocycles. The molecule has 2 aromatic heterocycles. The highest BCUT2D eigenvalue weighted by atomic mass is 16.5. The van der Waals surface area contributed by atoms with Crippen LogP contribution < -0.4 is 0 Å². The highest BCUT2D eigenvalue weighted by Gasteiger charge is 2.37. The van der Waals surface area contributed by atoms with E-state index >= 15 is 0 Å². The van der Waals surface area contributed by atoms with E-state index in [-0.39, 0.29) is 5.91 Å². The van der Waals surface area contributed by atoms with Crippen molar-refractivity contribution in [2.45, 2.75) is 12.5 Å². The molecule has 0 aromatic carbocycles. The molecule has 0 bridgehead atoms. The first-order valence-electron chi connectivity index (χ1n) is 6.92. The molecular formula is C15H18N4O2. The second-order valence-electron chi connectivity index (χ2n) is 5.42. The molecule has 0 aliphatic carbocycles. The average molecular weight is 286 g/mol. The lowest BCUT2D eigenvalue weighted by molar-refractivity contribution is -0.0932. The van der Waals surface area contributed by atoms with Crippen LogP contribution in [0.4, 0.5) is 0 Å². The van der Waals surface area contributed by atoms with Crippen LogP contribution in [0.3, 0.4) is 0 Å². The topological polar surface area (TPSA) is 60.2 Å². The summed E-state index contributed by atoms with van der Waals surface area (Å²) in [7, 11) is 1.87. The first-order valence-corrected chi connectivity index (χ1v) is 6.92. The van der Waals surface area contributed by atoms with Crippen molar-refractivity contribution in [2.75, 3.05) is 19.7 Å². The monoisotopic (exact) mass is 286 g/mol. The number of aromatic nitrogens is 3. The summed E-state index contributed by atoms with van der Waals surface area (Å²) in [6.07, 6.45) is 5.34. The van der Waals surface area contributed by atoms with Crippen LogP contribution in [0, 0.1) is 0 Å². The molecular weight excluding hydrogens is 268 g/mol. The highest BCUT2D eigenvalue weighted by molar-refractivity contribution is 5.92. The minimum absolute atomic E-state index is 0.0611. The molecule has 1 fully saturated rings. The SMILES string of the molecule is Cn1cc([C@@]2(C)CN(C(=O)c3ccccn3)CCO2)cn1. The summed E-state index contributed by atoms with van der Waals surface area (Å²) in [5.74, 6) is -0.0611. The van der Waals surface area contributed by atoms with Crippen molar-refractivity contribution in [1.82, 2.24) is 19.7 Å². The van der Waals surface area contributed by atoms with Crippen LogP contribution in [0.1, 0.15) is 23.0 Å². The maximum atomic E-state index is 12.5. The van der Waals surface area contributed by atoms with E-state index in [4.69, 9.17) is 4.74 Å². The van der Waals surface area contributed by atoms with Gasteiger partial charge >= 0.3 is 0 Å². The van der Waals surface area contributed by atoms with E-state index in [0.29, 0.717) is 25.4 Å². The fourth-order valence-electron chi connectivity index (χ4n) is 2.56. The van der Waals surface area contributed by atoms with Crippen LogP contribution in [0.25, 0.3) is 0 Å². The van der Waals surface area contributed by atoms with Crippen LogP contribution in [0.15, 0.2) is 36.8 Å². The summed E-state index contributed by atoms with van der Waals surface area (Å²) < 4.78 is 7.65. The molecule has 1 amide bonds. The number of hydrogen-bond acceptors (Lipinski definition) is 4. The van der Waals surface area contributed by atoms with Crippen molar-refractivity contribution >= 4 is 5.91 Å². The zero-order valence-electron chi connectivity index (χ0n) is 12.2. The third-order valence-corrected chi connectivity index (χ3v) is 3.76. The molecule has 21 heavy (non-hydrogen) atoms. The number of hydrogen-bond donors (Lipinski definition) is 0. The molecule has 3 rings (SSSR count). The fraction of sp³-hybridized carbons (Fsp3) is 0.400. The van der Waals surface area contributed by atoms with Crippen molar-refractivity contribution in [3.05, 3.63) is 48.0 Å². The van der Waals surface area contributed by atoms with E-state index in [2.05, 4.69) is 10.1 Å². The fourth-order valence-corrected chi connectivity index (χ4v) is 2.56. The lowest BCUT2D eigenvalue weighted by Gasteiger charge is -2.39. The van der Waals surface area contributed by atoms with Gasteiger partial charge in [0, 0.05) is 31.5 Å². The molecule has 0 spiro atoms. The third kappa shape index (κ3) is 2.67. The number of amides is 1. The summed E-state index contributed by atoms with van der Waals surface area (Å²) in [6, 6.07) is 5.36. The Kier molecular flexibility index (Phi) is 3.47. The van der Waals surface area contributed by atoms with E-state index in [1.165, 1.54) is 0 Å². The van der Waals surface area contributed by atoms with E-state index in [1.54, 1.807) is 34.1 Å². The Morgan fingerprint density at radius 1 is 1.43 bits per heavy atom. The Morgan fingerprint density at radius 2 is 2.29 bits per heavy atom. The number of morpholine rings is 1. The molecule has 0 saturated carbocycles. The number of nitrogens with zero attached hydrogens (tertiary/aromatic N) is 4. The second-order valence-corrected chi connectivity index (χ2v) is 5.42. The highest BCUT2D eigenvalue weighted by Crippen LogP contribution is 2.29. The summed E-state index contributed by atoms with van der Waals surface area (Å²) >= 11 is 0. The van der Waals surface area contributed by atoms with E-state index in [0.717, 1.165) is 5.56 Å². The van der Waals surface area contributed by atoms with Crippen molar-refractivity contribution in [1.29, 1.82) is 0 Å². The predicted octanol–water partition coefficient (Wildman–Crippen LogP) is 1.20. The van der Waals surface area contributed by atoms with Crippen molar-refractivity contribution < 1.29 is 9.53 Å². The number of ether oxygens (including phenoxy) is 1. The smallest absolute Gasteiger partial charge is 0.272 e. The largest absolute Gasteiger partial charge is 0.367 e. The zero-order chi connectivity index (χ0) is 14.9. The lowest BCUT2D eigenvalue weighted by atomic mass is 9.97. The van der Waals surface area contributed by atoms with Gasteiger partial charge < -0.3 is 9.64 Å². The first kappa shape index (κ1) is 13.8. The quantitative estimate of drug-likeness (QED) is 0.832. The Bertz CT molecular complexity index is 640. The molecule has 1 atom stereocenters. The predicted molar refractivity (Wildman–Crippen MR) is 76.7 cm³/mol. The number of aryl methyl sites for hydroxylation is 1. The van der Waals surface area contributed by atoms with Gasteiger partial charge in [-0.2, -0.15) is 5.10 Å². The molecule has 2 aromatic rings. The number of carbonyl (C=O) groups is 1. The molecule has 0 N–H and O–H groups in total. The van der Waals surface area contributed by atoms with E-state index < -0.39 is 5.60 Å². The summed E-state index contributed by atoms with van der Waals surface area (Å²) in [5, 5.41) is 4.19. The van der Waals surface area contributed by atoms with Crippen molar-refractivity contribution in [2.24, 2.45) is 7.05 Å². The second kappa shape index (κ2) is 5.29. The van der Waals surface area contributed by atoms with Gasteiger partial charge in [0.1, 0.15) is 11.3 Å². The van der Waals surface area contributed by atoms with Crippen molar-refractivity contribution in [3.63, 3.8) is 0 Å². The molecule has 1 aliphatic rings. The number of carbonyl (C=O) groups excluding carboxylic acids is 1. The normalized spacial score (nSPS) is 22.3. The Balaban J connectivity index is 1.81. The molecule has 110 valence electrons. The van der Waals surface area contributed by atoms with Gasteiger partial charge in [-0.1, -0.05) is 6.07 Å². The van der Waals surface area contributed by atoms with Gasteiger partial charge in [0.25, 0.3) is 5.91 Å². The minimum Gasteiger partial charge on any atom is -0.367 e. The molecule has 6 heteroatoms. The van der Waals surface area contributed by atoms with Crippen LogP contribution in [-0.2, 0) is 17.4 Å². The summed E-state index contributed by atoms with van der Waals surface area (Å²) in [4.78, 5) is 18.4. The van der Waals surface area contributed by atoms with Gasteiger partial charge in [-0.3, -0.25) is 14.5 Å². The average Bonchev–Trinajstić information content (AvgIpc) is 2.95. The van der Waals surface area contributed by atoms with Gasteiger partial charge in [0.2, 0.25) is 0 Å². The van der Waals surface area contributed by atoms with Gasteiger partial charge in [-0.15, -0.1) is 0 Å². The third-order valence-electron chi connectivity index (χ3n) is 3.76. The van der Waals surface area contributed by atoms with Gasteiger partial charge in [0.05, 0.1) is 19.3 Å². The maximum Gasteiger partial charge on any atom is 0.272 e. The van der Waals surface area contributed by atoms with Crippen LogP contribution in [0.5, 0.6) is 0 Å². The molecule has 0 unspecified atom stereocenters.